The Morgan fingerprint density at radius 3 is 2.71 bits per heavy atom. The van der Waals surface area contributed by atoms with Gasteiger partial charge < -0.3 is 10.6 Å². The number of likely N-dealkylation sites (tertiary alicyclic amines) is 1. The lowest BCUT2D eigenvalue weighted by molar-refractivity contribution is -0.130. The van der Waals surface area contributed by atoms with E-state index in [0.29, 0.717) is 12.1 Å². The van der Waals surface area contributed by atoms with Gasteiger partial charge in [-0.05, 0) is 32.2 Å². The summed E-state index contributed by atoms with van der Waals surface area (Å²) in [5.74, 6) is 0.241. The molecule has 2 rings (SSSR count). The zero-order chi connectivity index (χ0) is 12.3. The summed E-state index contributed by atoms with van der Waals surface area (Å²) in [5.41, 5.74) is 5.66. The monoisotopic (exact) mass is 239 g/mol. The minimum Gasteiger partial charge on any atom is -0.338 e. The summed E-state index contributed by atoms with van der Waals surface area (Å²) in [7, 11) is 0. The van der Waals surface area contributed by atoms with Crippen molar-refractivity contribution >= 4 is 5.91 Å². The van der Waals surface area contributed by atoms with Crippen molar-refractivity contribution in [3.63, 3.8) is 0 Å². The maximum absolute atomic E-state index is 11.6. The van der Waals surface area contributed by atoms with Gasteiger partial charge in [0, 0.05) is 38.6 Å². The molecule has 98 valence electrons. The Hall–Kier alpha value is -0.610. The highest BCUT2D eigenvalue weighted by atomic mass is 16.2. The molecule has 0 aromatic heterocycles. The quantitative estimate of drug-likeness (QED) is 0.772. The second kappa shape index (κ2) is 5.83. The summed E-state index contributed by atoms with van der Waals surface area (Å²) in [4.78, 5) is 16.2. The van der Waals surface area contributed by atoms with Crippen LogP contribution in [0.5, 0.6) is 0 Å². The van der Waals surface area contributed by atoms with Gasteiger partial charge in [0.25, 0.3) is 0 Å². The molecule has 17 heavy (non-hydrogen) atoms. The Kier molecular flexibility index (Phi) is 4.40. The fourth-order valence-electron chi connectivity index (χ4n) is 2.87. The van der Waals surface area contributed by atoms with Gasteiger partial charge in [-0.1, -0.05) is 6.42 Å². The first-order valence-corrected chi connectivity index (χ1v) is 6.93. The van der Waals surface area contributed by atoms with E-state index in [0.717, 1.165) is 26.2 Å². The Bertz CT molecular complexity index is 263. The average Bonchev–Trinajstić information content (AvgIpc) is 3.12. The number of nitrogens with two attached hydrogens (primary N) is 1. The molecule has 1 aliphatic heterocycles. The third-order valence-corrected chi connectivity index (χ3v) is 3.96. The molecule has 0 radical (unpaired) electrons. The van der Waals surface area contributed by atoms with Crippen LogP contribution >= 0.6 is 0 Å². The van der Waals surface area contributed by atoms with Crippen LogP contribution in [0.2, 0.25) is 0 Å². The molecule has 1 unspecified atom stereocenters. The van der Waals surface area contributed by atoms with Gasteiger partial charge in [-0.15, -0.1) is 0 Å². The van der Waals surface area contributed by atoms with Gasteiger partial charge in [0.2, 0.25) is 5.91 Å². The topological polar surface area (TPSA) is 49.6 Å². The third-order valence-electron chi connectivity index (χ3n) is 3.96. The molecule has 1 atom stereocenters. The molecule has 1 saturated carbocycles. The smallest absolute Gasteiger partial charge is 0.219 e. The summed E-state index contributed by atoms with van der Waals surface area (Å²) in [6, 6.07) is 1.07. The minimum absolute atomic E-state index is 0.241. The molecular weight excluding hydrogens is 214 g/mol. The fourth-order valence-corrected chi connectivity index (χ4v) is 2.87. The first-order chi connectivity index (χ1) is 8.22. The van der Waals surface area contributed by atoms with Crippen molar-refractivity contribution in [1.29, 1.82) is 0 Å². The predicted octanol–water partition coefficient (Wildman–Crippen LogP) is 0.811. The molecule has 0 aromatic carbocycles. The molecule has 0 bridgehead atoms. The van der Waals surface area contributed by atoms with Gasteiger partial charge >= 0.3 is 0 Å². The van der Waals surface area contributed by atoms with E-state index in [1.807, 2.05) is 0 Å². The van der Waals surface area contributed by atoms with Gasteiger partial charge in [-0.3, -0.25) is 9.69 Å². The average molecular weight is 239 g/mol. The lowest BCUT2D eigenvalue weighted by Crippen LogP contribution is -2.49. The summed E-state index contributed by atoms with van der Waals surface area (Å²) in [6.45, 7) is 5.47. The standard InChI is InChI=1S/C13H25N3O/c1-11(17)16(12-5-6-12)10-13-4-2-3-8-15(13)9-7-14/h12-13H,2-10,14H2,1H3. The molecule has 0 aromatic rings. The first-order valence-electron chi connectivity index (χ1n) is 6.93. The molecule has 4 heteroatoms. The number of hydrogen-bond donors (Lipinski definition) is 1. The molecule has 2 fully saturated rings. The van der Waals surface area contributed by atoms with Crippen LogP contribution in [0.15, 0.2) is 0 Å². The zero-order valence-electron chi connectivity index (χ0n) is 10.9. The Balaban J connectivity index is 1.91. The van der Waals surface area contributed by atoms with Crippen LogP contribution in [0.25, 0.3) is 0 Å². The van der Waals surface area contributed by atoms with Crippen LogP contribution < -0.4 is 5.73 Å². The third kappa shape index (κ3) is 3.42. The Labute approximate surface area is 104 Å². The van der Waals surface area contributed by atoms with E-state index in [2.05, 4.69) is 9.80 Å². The maximum Gasteiger partial charge on any atom is 0.219 e. The zero-order valence-corrected chi connectivity index (χ0v) is 10.9. The van der Waals surface area contributed by atoms with Crippen LogP contribution in [0.3, 0.4) is 0 Å². The van der Waals surface area contributed by atoms with Gasteiger partial charge in [0.05, 0.1) is 0 Å². The van der Waals surface area contributed by atoms with Gasteiger partial charge in [-0.25, -0.2) is 0 Å². The number of hydrogen-bond acceptors (Lipinski definition) is 3. The van der Waals surface area contributed by atoms with Crippen molar-refractivity contribution in [3.05, 3.63) is 0 Å². The van der Waals surface area contributed by atoms with Crippen LogP contribution in [0.1, 0.15) is 39.0 Å². The van der Waals surface area contributed by atoms with Crippen molar-refractivity contribution in [1.82, 2.24) is 9.80 Å². The van der Waals surface area contributed by atoms with E-state index in [1.54, 1.807) is 6.92 Å². The summed E-state index contributed by atoms with van der Waals surface area (Å²) >= 11 is 0. The van der Waals surface area contributed by atoms with Crippen molar-refractivity contribution in [3.8, 4) is 0 Å². The van der Waals surface area contributed by atoms with Gasteiger partial charge in [-0.2, -0.15) is 0 Å². The molecule has 1 heterocycles. The van der Waals surface area contributed by atoms with Crippen molar-refractivity contribution in [2.75, 3.05) is 26.2 Å². The number of piperidine rings is 1. The van der Waals surface area contributed by atoms with Gasteiger partial charge in [0.15, 0.2) is 0 Å². The fraction of sp³-hybridized carbons (Fsp3) is 0.923. The van der Waals surface area contributed by atoms with Crippen LogP contribution in [-0.2, 0) is 4.79 Å². The van der Waals surface area contributed by atoms with Crippen molar-refractivity contribution in [2.24, 2.45) is 5.73 Å². The first kappa shape index (κ1) is 12.8. The number of rotatable bonds is 5. The number of carbonyl (C=O) groups is 1. The molecule has 4 nitrogen and oxygen atoms in total. The molecule has 2 aliphatic rings. The van der Waals surface area contributed by atoms with Crippen molar-refractivity contribution < 1.29 is 4.79 Å². The van der Waals surface area contributed by atoms with E-state index < -0.39 is 0 Å². The Morgan fingerprint density at radius 1 is 1.35 bits per heavy atom. The van der Waals surface area contributed by atoms with E-state index >= 15 is 0 Å². The largest absolute Gasteiger partial charge is 0.338 e. The van der Waals surface area contributed by atoms with E-state index in [4.69, 9.17) is 5.73 Å². The van der Waals surface area contributed by atoms with Crippen LogP contribution in [0, 0.1) is 0 Å². The van der Waals surface area contributed by atoms with E-state index in [-0.39, 0.29) is 5.91 Å². The highest BCUT2D eigenvalue weighted by Crippen LogP contribution is 2.28. The van der Waals surface area contributed by atoms with Crippen molar-refractivity contribution in [2.45, 2.75) is 51.1 Å². The van der Waals surface area contributed by atoms with Gasteiger partial charge in [0.1, 0.15) is 0 Å². The molecule has 0 spiro atoms. The SMILES string of the molecule is CC(=O)N(CC1CCCCN1CCN)C1CC1. The second-order valence-corrected chi connectivity index (χ2v) is 5.38. The number of amides is 1. The molecule has 1 aliphatic carbocycles. The number of nitrogens with zero attached hydrogens (tertiary/aromatic N) is 2. The highest BCUT2D eigenvalue weighted by Gasteiger charge is 2.34. The Morgan fingerprint density at radius 2 is 2.12 bits per heavy atom. The maximum atomic E-state index is 11.6. The highest BCUT2D eigenvalue weighted by molar-refractivity contribution is 5.74. The minimum atomic E-state index is 0.241. The predicted molar refractivity (Wildman–Crippen MR) is 68.7 cm³/mol. The van der Waals surface area contributed by atoms with Crippen LogP contribution in [0.4, 0.5) is 0 Å². The van der Waals surface area contributed by atoms with E-state index in [1.165, 1.54) is 32.1 Å². The summed E-state index contributed by atoms with van der Waals surface area (Å²) in [6.07, 6.45) is 6.19. The molecular formula is C13H25N3O. The molecule has 2 N–H and O–H groups in total. The number of carbonyl (C=O) groups excluding carboxylic acids is 1. The second-order valence-electron chi connectivity index (χ2n) is 5.38. The summed E-state index contributed by atoms with van der Waals surface area (Å²) in [5, 5.41) is 0. The molecule has 1 saturated heterocycles. The van der Waals surface area contributed by atoms with Crippen LogP contribution in [-0.4, -0.2) is 54.0 Å². The normalized spacial score (nSPS) is 25.9. The lowest BCUT2D eigenvalue weighted by Gasteiger charge is -2.38. The summed E-state index contributed by atoms with van der Waals surface area (Å²) < 4.78 is 0. The van der Waals surface area contributed by atoms with E-state index in [9.17, 15) is 4.79 Å². The lowest BCUT2D eigenvalue weighted by atomic mass is 10.0. The molecule has 1 amide bonds.